The first-order valence-corrected chi connectivity index (χ1v) is 12.5. The summed E-state index contributed by atoms with van der Waals surface area (Å²) in [4.78, 5) is 29.2. The van der Waals surface area contributed by atoms with Gasteiger partial charge in [-0.15, -0.1) is 0 Å². The minimum Gasteiger partial charge on any atom is -0.482 e. The van der Waals surface area contributed by atoms with E-state index in [0.29, 0.717) is 37.4 Å². The molecule has 0 N–H and O–H groups in total. The van der Waals surface area contributed by atoms with Crippen LogP contribution >= 0.6 is 0 Å². The van der Waals surface area contributed by atoms with E-state index in [9.17, 15) is 14.9 Å². The lowest BCUT2D eigenvalue weighted by atomic mass is 9.91. The lowest BCUT2D eigenvalue weighted by molar-refractivity contribution is -0.134. The molecule has 0 bridgehead atoms. The van der Waals surface area contributed by atoms with Gasteiger partial charge in [0.2, 0.25) is 17.1 Å². The number of carbonyl (C=O) groups excluding carboxylic acids is 1. The molecule has 1 saturated heterocycles. The number of nitrogens with zero attached hydrogens (tertiary/aromatic N) is 3. The summed E-state index contributed by atoms with van der Waals surface area (Å²) in [6, 6.07) is 18.9. The van der Waals surface area contributed by atoms with Gasteiger partial charge in [-0.3, -0.25) is 14.5 Å². The maximum Gasteiger partial charge on any atom is 0.227 e. The number of hydrogen-bond acceptors (Lipinski definition) is 6. The van der Waals surface area contributed by atoms with Gasteiger partial charge in [-0.05, 0) is 28.2 Å². The Bertz CT molecular complexity index is 1320. The predicted molar refractivity (Wildman–Crippen MR) is 142 cm³/mol. The molecule has 192 valence electrons. The van der Waals surface area contributed by atoms with Gasteiger partial charge in [0.05, 0.1) is 18.2 Å². The van der Waals surface area contributed by atoms with Crippen molar-refractivity contribution >= 4 is 5.91 Å². The van der Waals surface area contributed by atoms with Crippen molar-refractivity contribution in [2.24, 2.45) is 5.41 Å². The molecule has 37 heavy (non-hydrogen) atoms. The van der Waals surface area contributed by atoms with E-state index in [1.165, 1.54) is 12.3 Å². The molecule has 1 amide bonds. The Morgan fingerprint density at radius 1 is 1.05 bits per heavy atom. The smallest absolute Gasteiger partial charge is 0.227 e. The number of piperazine rings is 1. The van der Waals surface area contributed by atoms with Crippen LogP contribution in [0.2, 0.25) is 0 Å². The number of carbonyl (C=O) groups is 1. The van der Waals surface area contributed by atoms with Crippen LogP contribution < -0.4 is 10.2 Å². The maximum atomic E-state index is 12.6. The third-order valence-corrected chi connectivity index (χ3v) is 6.35. The van der Waals surface area contributed by atoms with Crippen LogP contribution in [0.4, 0.5) is 0 Å². The SMILES string of the molecule is CC(C)(C)CC(=O)N1CCN(Cc2cc(=O)c(OCc3ccc(-c4ccccc4C#N)cc3)co2)CC1. The van der Waals surface area contributed by atoms with Gasteiger partial charge in [0, 0.05) is 38.7 Å². The zero-order valence-corrected chi connectivity index (χ0v) is 21.7. The number of ether oxygens (including phenoxy) is 1. The Labute approximate surface area is 217 Å². The average molecular weight is 500 g/mol. The number of rotatable bonds is 7. The molecule has 0 saturated carbocycles. The van der Waals surface area contributed by atoms with Gasteiger partial charge in [0.25, 0.3) is 0 Å². The molecule has 3 aromatic rings. The van der Waals surface area contributed by atoms with Crippen LogP contribution in [0, 0.1) is 16.7 Å². The summed E-state index contributed by atoms with van der Waals surface area (Å²) in [6.07, 6.45) is 1.92. The third kappa shape index (κ3) is 7.08. The van der Waals surface area contributed by atoms with E-state index in [1.54, 1.807) is 6.07 Å². The van der Waals surface area contributed by atoms with Crippen molar-refractivity contribution in [1.82, 2.24) is 9.80 Å². The summed E-state index contributed by atoms with van der Waals surface area (Å²) in [5, 5.41) is 9.32. The van der Waals surface area contributed by atoms with E-state index < -0.39 is 0 Å². The highest BCUT2D eigenvalue weighted by molar-refractivity contribution is 5.77. The highest BCUT2D eigenvalue weighted by Gasteiger charge is 2.25. The van der Waals surface area contributed by atoms with Gasteiger partial charge in [-0.25, -0.2) is 0 Å². The van der Waals surface area contributed by atoms with E-state index in [4.69, 9.17) is 9.15 Å². The number of nitriles is 1. The first kappa shape index (κ1) is 26.2. The molecule has 0 radical (unpaired) electrons. The standard InChI is InChI=1S/C30H33N3O4/c1-30(2,3)17-29(35)33-14-12-32(13-15-33)19-25-16-27(34)28(21-36-25)37-20-22-8-10-23(11-9-22)26-7-5-4-6-24(26)18-31/h4-11,16,21H,12-15,17,19-20H2,1-3H3. The van der Waals surface area contributed by atoms with Crippen LogP contribution in [0.1, 0.15) is 44.1 Å². The van der Waals surface area contributed by atoms with Crippen LogP contribution in [0.15, 0.2) is 70.1 Å². The molecule has 4 rings (SSSR count). The first-order valence-electron chi connectivity index (χ1n) is 12.5. The summed E-state index contributed by atoms with van der Waals surface area (Å²) in [5.41, 5.74) is 3.12. The van der Waals surface area contributed by atoms with E-state index in [1.807, 2.05) is 47.4 Å². The van der Waals surface area contributed by atoms with Crippen LogP contribution in [0.3, 0.4) is 0 Å². The molecule has 0 atom stereocenters. The second-order valence-electron chi connectivity index (χ2n) is 10.6. The molecule has 2 aromatic carbocycles. The fourth-order valence-corrected chi connectivity index (χ4v) is 4.34. The topological polar surface area (TPSA) is 86.8 Å². The summed E-state index contributed by atoms with van der Waals surface area (Å²) in [6.45, 7) is 9.82. The maximum absolute atomic E-state index is 12.6. The molecule has 1 aromatic heterocycles. The Balaban J connectivity index is 1.29. The molecule has 1 aliphatic heterocycles. The van der Waals surface area contributed by atoms with Gasteiger partial charge < -0.3 is 14.1 Å². The molecule has 7 nitrogen and oxygen atoms in total. The van der Waals surface area contributed by atoms with E-state index in [2.05, 4.69) is 31.7 Å². The zero-order valence-electron chi connectivity index (χ0n) is 21.7. The third-order valence-electron chi connectivity index (χ3n) is 6.35. The van der Waals surface area contributed by atoms with Crippen molar-refractivity contribution in [3.63, 3.8) is 0 Å². The lowest BCUT2D eigenvalue weighted by Gasteiger charge is -2.35. The van der Waals surface area contributed by atoms with Crippen molar-refractivity contribution in [3.05, 3.63) is 88.0 Å². The van der Waals surface area contributed by atoms with Crippen LogP contribution in [0.25, 0.3) is 11.1 Å². The van der Waals surface area contributed by atoms with Gasteiger partial charge in [-0.2, -0.15) is 5.26 Å². The van der Waals surface area contributed by atoms with Crippen molar-refractivity contribution < 1.29 is 13.9 Å². The molecule has 1 aliphatic rings. The molecule has 0 unspecified atom stereocenters. The second kappa shape index (κ2) is 11.4. The summed E-state index contributed by atoms with van der Waals surface area (Å²) < 4.78 is 11.4. The molecule has 7 heteroatoms. The quantitative estimate of drug-likeness (QED) is 0.462. The van der Waals surface area contributed by atoms with Crippen molar-refractivity contribution in [3.8, 4) is 22.9 Å². The average Bonchev–Trinajstić information content (AvgIpc) is 2.88. The highest BCUT2D eigenvalue weighted by atomic mass is 16.5. The first-order chi connectivity index (χ1) is 17.7. The number of amides is 1. The Kier molecular flexibility index (Phi) is 8.10. The normalized spacial score (nSPS) is 14.3. The van der Waals surface area contributed by atoms with Gasteiger partial charge in [0.1, 0.15) is 18.6 Å². The van der Waals surface area contributed by atoms with Crippen LogP contribution in [-0.4, -0.2) is 41.9 Å². The molecule has 0 aliphatic carbocycles. The van der Waals surface area contributed by atoms with Gasteiger partial charge in [-0.1, -0.05) is 63.2 Å². The lowest BCUT2D eigenvalue weighted by Crippen LogP contribution is -2.48. The van der Waals surface area contributed by atoms with Crippen molar-refractivity contribution in [1.29, 1.82) is 5.26 Å². The van der Waals surface area contributed by atoms with E-state index >= 15 is 0 Å². The minimum atomic E-state index is -0.222. The summed E-state index contributed by atoms with van der Waals surface area (Å²) in [7, 11) is 0. The van der Waals surface area contributed by atoms with Gasteiger partial charge in [0.15, 0.2) is 0 Å². The van der Waals surface area contributed by atoms with E-state index in [-0.39, 0.29) is 29.1 Å². The summed E-state index contributed by atoms with van der Waals surface area (Å²) in [5.74, 6) is 0.939. The van der Waals surface area contributed by atoms with Crippen molar-refractivity contribution in [2.45, 2.75) is 40.3 Å². The van der Waals surface area contributed by atoms with Crippen molar-refractivity contribution in [2.75, 3.05) is 26.2 Å². The zero-order chi connectivity index (χ0) is 26.4. The fraction of sp³-hybridized carbons (Fsp3) is 0.367. The van der Waals surface area contributed by atoms with Crippen LogP contribution in [0.5, 0.6) is 5.75 Å². The molecule has 1 fully saturated rings. The van der Waals surface area contributed by atoms with E-state index in [0.717, 1.165) is 29.8 Å². The second-order valence-corrected chi connectivity index (χ2v) is 10.6. The number of benzene rings is 2. The monoisotopic (exact) mass is 499 g/mol. The fourth-order valence-electron chi connectivity index (χ4n) is 4.34. The molecular formula is C30H33N3O4. The molecular weight excluding hydrogens is 466 g/mol. The van der Waals surface area contributed by atoms with Crippen LogP contribution in [-0.2, 0) is 17.9 Å². The highest BCUT2D eigenvalue weighted by Crippen LogP contribution is 2.24. The number of hydrogen-bond donors (Lipinski definition) is 0. The Morgan fingerprint density at radius 2 is 1.76 bits per heavy atom. The van der Waals surface area contributed by atoms with Gasteiger partial charge >= 0.3 is 0 Å². The summed E-state index contributed by atoms with van der Waals surface area (Å²) >= 11 is 0. The Hall–Kier alpha value is -3.89. The Morgan fingerprint density at radius 3 is 2.41 bits per heavy atom. The largest absolute Gasteiger partial charge is 0.482 e. The molecule has 2 heterocycles. The predicted octanol–water partition coefficient (Wildman–Crippen LogP) is 4.84. The minimum absolute atomic E-state index is 0.0187. The molecule has 0 spiro atoms.